The highest BCUT2D eigenvalue weighted by Gasteiger charge is 1.99. The molecule has 1 aromatic rings. The second-order valence-corrected chi connectivity index (χ2v) is 2.92. The average Bonchev–Trinajstić information content (AvgIpc) is 2.52. The third-order valence-corrected chi connectivity index (χ3v) is 1.97. The normalized spacial score (nSPS) is 10.5. The van der Waals surface area contributed by atoms with E-state index in [0.29, 0.717) is 0 Å². The highest BCUT2D eigenvalue weighted by atomic mass is 16.3. The lowest BCUT2D eigenvalue weighted by Gasteiger charge is -2.02. The van der Waals surface area contributed by atoms with Crippen LogP contribution in [0.25, 0.3) is 0 Å². The largest absolute Gasteiger partial charge is 0.374 e. The minimum absolute atomic E-state index is 0.00550. The summed E-state index contributed by atoms with van der Waals surface area (Å²) in [6, 6.07) is 1.96. The van der Waals surface area contributed by atoms with E-state index in [1.165, 1.54) is 19.3 Å². The molecule has 1 heterocycles. The molecular weight excluding hydrogens is 152 g/mol. The summed E-state index contributed by atoms with van der Waals surface area (Å²) >= 11 is 0. The number of aromatic nitrogens is 2. The van der Waals surface area contributed by atoms with Gasteiger partial charge < -0.3 is 5.11 Å². The van der Waals surface area contributed by atoms with Gasteiger partial charge in [0.05, 0.1) is 0 Å². The van der Waals surface area contributed by atoms with Gasteiger partial charge in [-0.1, -0.05) is 19.8 Å². The summed E-state index contributed by atoms with van der Waals surface area (Å²) in [5, 5.41) is 12.8. The van der Waals surface area contributed by atoms with E-state index >= 15 is 0 Å². The average molecular weight is 168 g/mol. The summed E-state index contributed by atoms with van der Waals surface area (Å²) in [4.78, 5) is 0. The smallest absolute Gasteiger partial charge is 0.136 e. The summed E-state index contributed by atoms with van der Waals surface area (Å²) in [5.41, 5.74) is 1.13. The number of rotatable bonds is 5. The molecule has 0 aliphatic rings. The number of aryl methyl sites for hydroxylation is 1. The maximum absolute atomic E-state index is 8.86. The van der Waals surface area contributed by atoms with E-state index in [0.717, 1.165) is 12.1 Å². The second kappa shape index (κ2) is 4.93. The predicted molar refractivity (Wildman–Crippen MR) is 47.7 cm³/mol. The van der Waals surface area contributed by atoms with Crippen molar-refractivity contribution in [2.45, 2.75) is 39.3 Å². The fraction of sp³-hybridized carbons (Fsp3) is 0.667. The molecule has 1 rings (SSSR count). The van der Waals surface area contributed by atoms with E-state index in [4.69, 9.17) is 5.11 Å². The lowest BCUT2D eigenvalue weighted by Crippen LogP contribution is -2.03. The molecule has 0 fully saturated rings. The van der Waals surface area contributed by atoms with E-state index in [9.17, 15) is 0 Å². The van der Waals surface area contributed by atoms with Gasteiger partial charge in [-0.25, -0.2) is 4.68 Å². The Morgan fingerprint density at radius 2 is 2.33 bits per heavy atom. The monoisotopic (exact) mass is 168 g/mol. The third-order valence-electron chi connectivity index (χ3n) is 1.97. The predicted octanol–water partition coefficient (Wildman–Crippen LogP) is 1.57. The Balaban J connectivity index is 2.39. The molecule has 1 aromatic heterocycles. The van der Waals surface area contributed by atoms with Crippen LogP contribution in [0.2, 0.25) is 0 Å². The molecule has 1 N–H and O–H groups in total. The highest BCUT2D eigenvalue weighted by molar-refractivity contribution is 4.99. The van der Waals surface area contributed by atoms with Gasteiger partial charge in [0.25, 0.3) is 0 Å². The van der Waals surface area contributed by atoms with Crippen molar-refractivity contribution in [2.75, 3.05) is 0 Å². The lowest BCUT2D eigenvalue weighted by atomic mass is 10.1. The van der Waals surface area contributed by atoms with E-state index in [1.807, 2.05) is 6.07 Å². The zero-order chi connectivity index (χ0) is 8.81. The van der Waals surface area contributed by atoms with Gasteiger partial charge in [-0.05, 0) is 18.9 Å². The Hall–Kier alpha value is -0.830. The molecule has 0 saturated heterocycles. The van der Waals surface area contributed by atoms with Crippen LogP contribution in [0.3, 0.4) is 0 Å². The topological polar surface area (TPSA) is 38.0 Å². The molecule has 0 saturated carbocycles. The first-order valence-electron chi connectivity index (χ1n) is 4.50. The zero-order valence-corrected chi connectivity index (χ0v) is 7.53. The van der Waals surface area contributed by atoms with Crippen LogP contribution in [0.15, 0.2) is 12.3 Å². The Morgan fingerprint density at radius 3 is 3.00 bits per heavy atom. The molecule has 0 aliphatic heterocycles. The minimum Gasteiger partial charge on any atom is -0.374 e. The second-order valence-electron chi connectivity index (χ2n) is 2.92. The molecule has 0 aromatic carbocycles. The maximum atomic E-state index is 8.86. The fourth-order valence-electron chi connectivity index (χ4n) is 1.26. The standard InChI is InChI=1S/C9H16N2O/c1-2-3-4-5-9-6-7-10-11(9)8-12/h6-7,12H,2-5,8H2,1H3. The third kappa shape index (κ3) is 2.34. The summed E-state index contributed by atoms with van der Waals surface area (Å²) in [6.45, 7) is 2.18. The number of hydrogen-bond acceptors (Lipinski definition) is 2. The van der Waals surface area contributed by atoms with Crippen molar-refractivity contribution >= 4 is 0 Å². The first kappa shape index (κ1) is 9.26. The van der Waals surface area contributed by atoms with Crippen molar-refractivity contribution in [1.82, 2.24) is 9.78 Å². The first-order valence-corrected chi connectivity index (χ1v) is 4.50. The van der Waals surface area contributed by atoms with Gasteiger partial charge in [0.2, 0.25) is 0 Å². The zero-order valence-electron chi connectivity index (χ0n) is 7.53. The SMILES string of the molecule is CCCCCc1ccnn1CO. The number of aliphatic hydroxyl groups excluding tert-OH is 1. The van der Waals surface area contributed by atoms with Gasteiger partial charge in [0.1, 0.15) is 6.73 Å². The van der Waals surface area contributed by atoms with E-state index in [-0.39, 0.29) is 6.73 Å². The summed E-state index contributed by atoms with van der Waals surface area (Å²) < 4.78 is 1.63. The molecule has 0 spiro atoms. The molecule has 3 heteroatoms. The maximum Gasteiger partial charge on any atom is 0.136 e. The van der Waals surface area contributed by atoms with Crippen LogP contribution in [0, 0.1) is 0 Å². The number of unbranched alkanes of at least 4 members (excludes halogenated alkanes) is 2. The van der Waals surface area contributed by atoms with Crippen molar-refractivity contribution in [1.29, 1.82) is 0 Å². The van der Waals surface area contributed by atoms with Gasteiger partial charge in [0.15, 0.2) is 0 Å². The van der Waals surface area contributed by atoms with Crippen molar-refractivity contribution in [2.24, 2.45) is 0 Å². The van der Waals surface area contributed by atoms with Gasteiger partial charge in [-0.15, -0.1) is 0 Å². The minimum atomic E-state index is -0.00550. The van der Waals surface area contributed by atoms with Crippen molar-refractivity contribution in [3.63, 3.8) is 0 Å². The molecule has 68 valence electrons. The molecule has 0 bridgehead atoms. The van der Waals surface area contributed by atoms with Crippen molar-refractivity contribution in [3.8, 4) is 0 Å². The van der Waals surface area contributed by atoms with Crippen LogP contribution >= 0.6 is 0 Å². The van der Waals surface area contributed by atoms with E-state index in [2.05, 4.69) is 12.0 Å². The van der Waals surface area contributed by atoms with Gasteiger partial charge in [0, 0.05) is 11.9 Å². The van der Waals surface area contributed by atoms with Crippen molar-refractivity contribution in [3.05, 3.63) is 18.0 Å². The summed E-state index contributed by atoms with van der Waals surface area (Å²) in [6.07, 6.45) is 6.41. The molecule has 12 heavy (non-hydrogen) atoms. The Bertz CT molecular complexity index is 220. The van der Waals surface area contributed by atoms with Gasteiger partial charge in [-0.2, -0.15) is 5.10 Å². The molecule has 3 nitrogen and oxygen atoms in total. The Kier molecular flexibility index (Phi) is 3.80. The molecule has 0 unspecified atom stereocenters. The quantitative estimate of drug-likeness (QED) is 0.678. The molecule has 0 radical (unpaired) electrons. The van der Waals surface area contributed by atoms with E-state index in [1.54, 1.807) is 10.9 Å². The first-order chi connectivity index (χ1) is 5.88. The van der Waals surface area contributed by atoms with Crippen LogP contribution in [-0.4, -0.2) is 14.9 Å². The summed E-state index contributed by atoms with van der Waals surface area (Å²) in [7, 11) is 0. The Labute approximate surface area is 73.0 Å². The Morgan fingerprint density at radius 1 is 1.50 bits per heavy atom. The van der Waals surface area contributed by atoms with Crippen molar-refractivity contribution < 1.29 is 5.11 Å². The molecule has 0 atom stereocenters. The van der Waals surface area contributed by atoms with Crippen LogP contribution in [0.1, 0.15) is 31.9 Å². The number of hydrogen-bond donors (Lipinski definition) is 1. The van der Waals surface area contributed by atoms with Crippen LogP contribution in [0.4, 0.5) is 0 Å². The molecular formula is C9H16N2O. The lowest BCUT2D eigenvalue weighted by molar-refractivity contribution is 0.191. The summed E-state index contributed by atoms with van der Waals surface area (Å²) in [5.74, 6) is 0. The van der Waals surface area contributed by atoms with E-state index < -0.39 is 0 Å². The van der Waals surface area contributed by atoms with Crippen LogP contribution < -0.4 is 0 Å². The fourth-order valence-corrected chi connectivity index (χ4v) is 1.26. The highest BCUT2D eigenvalue weighted by Crippen LogP contribution is 2.05. The van der Waals surface area contributed by atoms with Gasteiger partial charge in [-0.3, -0.25) is 0 Å². The van der Waals surface area contributed by atoms with Crippen LogP contribution in [-0.2, 0) is 13.2 Å². The molecule has 0 aliphatic carbocycles. The van der Waals surface area contributed by atoms with Gasteiger partial charge >= 0.3 is 0 Å². The number of aliphatic hydroxyl groups is 1. The molecule has 0 amide bonds. The number of nitrogens with zero attached hydrogens (tertiary/aromatic N) is 2. The van der Waals surface area contributed by atoms with Crippen LogP contribution in [0.5, 0.6) is 0 Å².